The molecule has 0 N–H and O–H groups in total. The normalized spacial score (nSPS) is 12.7. The van der Waals surface area contributed by atoms with Crippen molar-refractivity contribution in [1.29, 1.82) is 0 Å². The van der Waals surface area contributed by atoms with Crippen LogP contribution in [0.4, 0.5) is 4.39 Å². The van der Waals surface area contributed by atoms with Gasteiger partial charge in [0.2, 0.25) is 11.8 Å². The predicted octanol–water partition coefficient (Wildman–Crippen LogP) is 2.67. The molecule has 0 radical (unpaired) electrons. The lowest BCUT2D eigenvalue weighted by Crippen LogP contribution is -2.47. The van der Waals surface area contributed by atoms with Gasteiger partial charge in [-0.1, -0.05) is 12.1 Å². The summed E-state index contributed by atoms with van der Waals surface area (Å²) >= 11 is 5.29. The second-order valence-corrected chi connectivity index (χ2v) is 4.98. The number of hydrogen-bond donors (Lipinski definition) is 0. The zero-order valence-electron chi connectivity index (χ0n) is 11.9. The summed E-state index contributed by atoms with van der Waals surface area (Å²) in [5.41, 5.74) is 0.388. The average Bonchev–Trinajstić information content (AvgIpc) is 2.54. The van der Waals surface area contributed by atoms with Gasteiger partial charge in [-0.05, 0) is 29.3 Å². The van der Waals surface area contributed by atoms with Crippen molar-refractivity contribution in [2.24, 2.45) is 4.99 Å². The van der Waals surface area contributed by atoms with E-state index in [0.29, 0.717) is 12.1 Å². The molecule has 0 aliphatic heterocycles. The molecule has 1 heterocycles. The van der Waals surface area contributed by atoms with Gasteiger partial charge in [-0.3, -0.25) is 4.79 Å². The van der Waals surface area contributed by atoms with E-state index in [1.807, 2.05) is 6.07 Å². The van der Waals surface area contributed by atoms with Crippen LogP contribution in [0.5, 0.6) is 0 Å². The molecule has 0 spiro atoms. The smallest absolute Gasteiger partial charge is 0.237 e. The van der Waals surface area contributed by atoms with Crippen molar-refractivity contribution >= 4 is 23.5 Å². The van der Waals surface area contributed by atoms with Crippen LogP contribution in [0.25, 0.3) is 0 Å². The molecule has 2 aromatic rings. The summed E-state index contributed by atoms with van der Waals surface area (Å²) in [5, 5.41) is 0.269. The fraction of sp³-hybridized carbons (Fsp3) is 0.118. The topological polar surface area (TPSA) is 33.3 Å². The molecule has 0 aliphatic rings. The van der Waals surface area contributed by atoms with Gasteiger partial charge in [-0.2, -0.15) is 4.57 Å². The highest BCUT2D eigenvalue weighted by atomic mass is 32.1. The number of rotatable bonds is 6. The standard InChI is InChI=1S/C17H15FN2OS/c1-2-10-19-17(22)15(20-11-4-3-5-12-20)16(21)13-6-8-14(18)9-7-13/h2-9,11-12,15H,1,10H2. The first-order chi connectivity index (χ1) is 10.6. The summed E-state index contributed by atoms with van der Waals surface area (Å²) in [4.78, 5) is 16.9. The van der Waals surface area contributed by atoms with Crippen molar-refractivity contribution in [3.8, 4) is 0 Å². The van der Waals surface area contributed by atoms with E-state index in [0.717, 1.165) is 0 Å². The molecule has 0 saturated carbocycles. The summed E-state index contributed by atoms with van der Waals surface area (Å²) in [6.45, 7) is 3.94. The molecule has 0 aliphatic carbocycles. The quantitative estimate of drug-likeness (QED) is 0.205. The molecule has 0 bridgehead atoms. The van der Waals surface area contributed by atoms with Gasteiger partial charge in [0, 0.05) is 17.7 Å². The van der Waals surface area contributed by atoms with Crippen LogP contribution in [0, 0.1) is 5.82 Å². The Hall–Kier alpha value is -2.40. The van der Waals surface area contributed by atoms with Gasteiger partial charge in [0.15, 0.2) is 12.4 Å². The van der Waals surface area contributed by atoms with Crippen molar-refractivity contribution in [2.75, 3.05) is 6.54 Å². The lowest BCUT2D eigenvalue weighted by atomic mass is 10.0. The number of nitrogens with zero attached hydrogens (tertiary/aromatic N) is 2. The van der Waals surface area contributed by atoms with E-state index in [1.54, 1.807) is 35.2 Å². The summed E-state index contributed by atoms with van der Waals surface area (Å²) in [5.74, 6) is -0.617. The molecule has 2 rings (SSSR count). The molecule has 0 saturated heterocycles. The minimum atomic E-state index is -0.735. The number of carbonyl (C=O) groups is 1. The summed E-state index contributed by atoms with van der Waals surface area (Å²) in [6, 6.07) is 10.1. The molecular formula is C17H15FN2OS. The number of carbonyl (C=O) groups excluding carboxylic acids is 1. The lowest BCUT2D eigenvalue weighted by Gasteiger charge is -2.18. The van der Waals surface area contributed by atoms with E-state index in [9.17, 15) is 9.18 Å². The Morgan fingerprint density at radius 2 is 1.91 bits per heavy atom. The average molecular weight is 314 g/mol. The number of aliphatic imine (C=N–C) groups is 1. The van der Waals surface area contributed by atoms with Crippen LogP contribution in [0.3, 0.4) is 0 Å². The SMILES string of the molecule is C=CCN=C([S-])C(C(=O)c1ccc(F)cc1)[n+]1ccccc1. The van der Waals surface area contributed by atoms with Gasteiger partial charge in [-0.15, -0.1) is 6.58 Å². The van der Waals surface area contributed by atoms with Crippen LogP contribution in [-0.2, 0) is 12.6 Å². The monoisotopic (exact) mass is 314 g/mol. The molecule has 112 valence electrons. The van der Waals surface area contributed by atoms with Crippen LogP contribution in [0.2, 0.25) is 0 Å². The van der Waals surface area contributed by atoms with Gasteiger partial charge >= 0.3 is 0 Å². The molecule has 1 atom stereocenters. The van der Waals surface area contributed by atoms with Crippen molar-refractivity contribution in [1.82, 2.24) is 0 Å². The van der Waals surface area contributed by atoms with Crippen LogP contribution < -0.4 is 4.57 Å². The Bertz CT molecular complexity index is 684. The van der Waals surface area contributed by atoms with Crippen LogP contribution >= 0.6 is 0 Å². The molecule has 0 fully saturated rings. The third-order valence-corrected chi connectivity index (χ3v) is 3.38. The molecule has 5 heteroatoms. The Labute approximate surface area is 134 Å². The zero-order valence-corrected chi connectivity index (χ0v) is 12.7. The maximum atomic E-state index is 13.0. The molecule has 1 aromatic carbocycles. The first-order valence-electron chi connectivity index (χ1n) is 6.71. The third-order valence-electron chi connectivity index (χ3n) is 3.02. The fourth-order valence-electron chi connectivity index (χ4n) is 1.97. The predicted molar refractivity (Wildman–Crippen MR) is 86.3 cm³/mol. The van der Waals surface area contributed by atoms with Gasteiger partial charge in [0.25, 0.3) is 0 Å². The summed E-state index contributed by atoms with van der Waals surface area (Å²) in [7, 11) is 0. The number of hydrogen-bond acceptors (Lipinski definition) is 3. The fourth-order valence-corrected chi connectivity index (χ4v) is 2.28. The minimum absolute atomic E-state index is 0.228. The largest absolute Gasteiger partial charge is 0.758 e. The van der Waals surface area contributed by atoms with E-state index in [1.165, 1.54) is 24.3 Å². The zero-order chi connectivity index (χ0) is 15.9. The molecule has 22 heavy (non-hydrogen) atoms. The highest BCUT2D eigenvalue weighted by Crippen LogP contribution is 2.12. The molecule has 3 nitrogen and oxygen atoms in total. The van der Waals surface area contributed by atoms with Crippen LogP contribution in [0.15, 0.2) is 72.5 Å². The highest BCUT2D eigenvalue weighted by molar-refractivity contribution is 7.77. The third kappa shape index (κ3) is 3.83. The molecule has 1 aromatic heterocycles. The Balaban J connectivity index is 2.41. The van der Waals surface area contributed by atoms with Crippen molar-refractivity contribution in [2.45, 2.75) is 6.04 Å². The van der Waals surface area contributed by atoms with Gasteiger partial charge in [-0.25, -0.2) is 4.39 Å². The second kappa shape index (κ2) is 7.56. The number of halogens is 1. The van der Waals surface area contributed by atoms with E-state index in [-0.39, 0.29) is 16.6 Å². The van der Waals surface area contributed by atoms with Crippen molar-refractivity contribution in [3.05, 3.63) is 78.9 Å². The first-order valence-corrected chi connectivity index (χ1v) is 7.12. The van der Waals surface area contributed by atoms with Gasteiger partial charge in [0.1, 0.15) is 5.82 Å². The van der Waals surface area contributed by atoms with Crippen LogP contribution in [0.1, 0.15) is 16.4 Å². The number of benzene rings is 1. The van der Waals surface area contributed by atoms with Gasteiger partial charge < -0.3 is 17.6 Å². The first kappa shape index (κ1) is 16.0. The number of aromatic nitrogens is 1. The highest BCUT2D eigenvalue weighted by Gasteiger charge is 2.27. The number of ketones is 1. The van der Waals surface area contributed by atoms with Crippen molar-refractivity contribution in [3.63, 3.8) is 0 Å². The van der Waals surface area contributed by atoms with E-state index in [4.69, 9.17) is 12.6 Å². The molecule has 0 amide bonds. The van der Waals surface area contributed by atoms with E-state index in [2.05, 4.69) is 11.6 Å². The summed E-state index contributed by atoms with van der Waals surface area (Å²) in [6.07, 6.45) is 5.12. The number of Topliss-reactive ketones (excluding diaryl/α,β-unsaturated/α-hetero) is 1. The second-order valence-electron chi connectivity index (χ2n) is 4.56. The minimum Gasteiger partial charge on any atom is -0.758 e. The Morgan fingerprint density at radius 3 is 2.50 bits per heavy atom. The Kier molecular flexibility index (Phi) is 5.49. The van der Waals surface area contributed by atoms with E-state index < -0.39 is 6.04 Å². The molecule has 1 unspecified atom stereocenters. The van der Waals surface area contributed by atoms with Crippen molar-refractivity contribution < 1.29 is 13.8 Å². The van der Waals surface area contributed by atoms with Crippen LogP contribution in [-0.4, -0.2) is 17.4 Å². The lowest BCUT2D eigenvalue weighted by molar-refractivity contribution is -0.691. The maximum absolute atomic E-state index is 13.0. The summed E-state index contributed by atoms with van der Waals surface area (Å²) < 4.78 is 14.7. The molecular weight excluding hydrogens is 299 g/mol. The number of pyridine rings is 1. The van der Waals surface area contributed by atoms with Gasteiger partial charge in [0.05, 0.1) is 6.54 Å². The van der Waals surface area contributed by atoms with E-state index >= 15 is 0 Å². The Morgan fingerprint density at radius 1 is 1.27 bits per heavy atom. The maximum Gasteiger partial charge on any atom is 0.237 e.